The van der Waals surface area contributed by atoms with E-state index in [0.29, 0.717) is 5.69 Å². The Labute approximate surface area is 135 Å². The molecule has 1 amide bonds. The number of carbonyl (C=O) groups is 2. The summed E-state index contributed by atoms with van der Waals surface area (Å²) in [5.74, 6) is -0.360. The van der Waals surface area contributed by atoms with E-state index in [1.165, 1.54) is 7.11 Å². The lowest BCUT2D eigenvalue weighted by Crippen LogP contribution is -2.29. The van der Waals surface area contributed by atoms with Crippen molar-refractivity contribution in [3.8, 4) is 0 Å². The van der Waals surface area contributed by atoms with E-state index in [0.717, 1.165) is 47.0 Å². The van der Waals surface area contributed by atoms with Crippen molar-refractivity contribution in [3.05, 3.63) is 34.5 Å². The normalized spacial score (nSPS) is 14.8. The summed E-state index contributed by atoms with van der Waals surface area (Å²) < 4.78 is 6.69. The molecule has 0 spiro atoms. The van der Waals surface area contributed by atoms with Gasteiger partial charge in [-0.1, -0.05) is 12.1 Å². The smallest absolute Gasteiger partial charge is 0.325 e. The Morgan fingerprint density at radius 2 is 1.96 bits per heavy atom. The molecule has 3 rings (SSSR count). The molecule has 0 N–H and O–H groups in total. The molecule has 23 heavy (non-hydrogen) atoms. The van der Waals surface area contributed by atoms with Gasteiger partial charge in [0.2, 0.25) is 0 Å². The maximum absolute atomic E-state index is 12.9. The van der Waals surface area contributed by atoms with E-state index >= 15 is 0 Å². The van der Waals surface area contributed by atoms with Crippen molar-refractivity contribution in [3.63, 3.8) is 0 Å². The molecule has 122 valence electrons. The number of fused-ring (bicyclic) bond motifs is 3. The van der Waals surface area contributed by atoms with Gasteiger partial charge in [-0.25, -0.2) is 0 Å². The molecule has 2 aromatic rings. The average molecular weight is 314 g/mol. The molecule has 0 unspecified atom stereocenters. The molecule has 1 aromatic carbocycles. The molecule has 1 aliphatic rings. The number of ether oxygens (including phenoxy) is 1. The molecule has 0 saturated heterocycles. The minimum Gasteiger partial charge on any atom is -0.468 e. The minimum atomic E-state index is -0.342. The highest BCUT2D eigenvalue weighted by Crippen LogP contribution is 2.34. The van der Waals surface area contributed by atoms with Gasteiger partial charge in [-0.05, 0) is 43.4 Å². The van der Waals surface area contributed by atoms with Crippen molar-refractivity contribution < 1.29 is 14.3 Å². The summed E-state index contributed by atoms with van der Waals surface area (Å²) in [5.41, 5.74) is 4.90. The third-order valence-electron chi connectivity index (χ3n) is 4.70. The monoisotopic (exact) mass is 314 g/mol. The van der Waals surface area contributed by atoms with Gasteiger partial charge in [-0.15, -0.1) is 0 Å². The van der Waals surface area contributed by atoms with Gasteiger partial charge in [-0.3, -0.25) is 9.59 Å². The van der Waals surface area contributed by atoms with Crippen LogP contribution >= 0.6 is 0 Å². The largest absolute Gasteiger partial charge is 0.468 e. The zero-order valence-corrected chi connectivity index (χ0v) is 14.1. The van der Waals surface area contributed by atoms with Gasteiger partial charge in [-0.2, -0.15) is 0 Å². The number of amides is 1. The fourth-order valence-electron chi connectivity index (χ4n) is 3.53. The van der Waals surface area contributed by atoms with Crippen molar-refractivity contribution in [1.82, 2.24) is 9.47 Å². The molecule has 0 saturated carbocycles. The number of carbonyl (C=O) groups excluding carboxylic acids is 2. The first kappa shape index (κ1) is 15.6. The zero-order chi connectivity index (χ0) is 16.7. The van der Waals surface area contributed by atoms with Crippen molar-refractivity contribution in [2.24, 2.45) is 0 Å². The molecule has 1 aliphatic heterocycles. The second-order valence-corrected chi connectivity index (χ2v) is 6.24. The number of aryl methyl sites for hydroxylation is 3. The summed E-state index contributed by atoms with van der Waals surface area (Å²) in [6.45, 7) is 4.87. The predicted molar refractivity (Wildman–Crippen MR) is 88.7 cm³/mol. The van der Waals surface area contributed by atoms with E-state index in [9.17, 15) is 9.59 Å². The van der Waals surface area contributed by atoms with Crippen LogP contribution in [0.25, 0.3) is 10.9 Å². The summed E-state index contributed by atoms with van der Waals surface area (Å²) in [5, 5.41) is 1.12. The number of hydrogen-bond acceptors (Lipinski definition) is 3. The lowest BCUT2D eigenvalue weighted by molar-refractivity contribution is -0.141. The second kappa shape index (κ2) is 5.72. The lowest BCUT2D eigenvalue weighted by Gasteiger charge is -2.16. The van der Waals surface area contributed by atoms with Crippen LogP contribution in [0, 0.1) is 13.8 Å². The fourth-order valence-corrected chi connectivity index (χ4v) is 3.53. The third-order valence-corrected chi connectivity index (χ3v) is 4.70. The van der Waals surface area contributed by atoms with Gasteiger partial charge in [0, 0.05) is 19.0 Å². The Bertz CT molecular complexity index is 804. The van der Waals surface area contributed by atoms with Gasteiger partial charge < -0.3 is 14.2 Å². The number of rotatable bonds is 2. The number of methoxy groups -OCH3 is 1. The number of benzene rings is 1. The Hall–Kier alpha value is -2.30. The predicted octanol–water partition coefficient (Wildman–Crippen LogP) is 2.45. The Kier molecular flexibility index (Phi) is 3.88. The molecular weight excluding hydrogens is 292 g/mol. The maximum Gasteiger partial charge on any atom is 0.325 e. The summed E-state index contributed by atoms with van der Waals surface area (Å²) >= 11 is 0. The van der Waals surface area contributed by atoms with Crippen LogP contribution in [0.1, 0.15) is 33.6 Å². The molecule has 0 atom stereocenters. The van der Waals surface area contributed by atoms with Crippen molar-refractivity contribution in [2.45, 2.75) is 33.2 Å². The molecule has 0 radical (unpaired) electrons. The number of aromatic nitrogens is 1. The lowest BCUT2D eigenvalue weighted by atomic mass is 10.0. The standard InChI is InChI=1S/C18H22N2O3/c1-11-7-8-12(2)16-15(11)13-6-5-9-19(3)18(22)17(13)20(16)10-14(21)23-4/h7-8H,5-6,9-10H2,1-4H3. The topological polar surface area (TPSA) is 51.5 Å². The van der Waals surface area contributed by atoms with Crippen LogP contribution in [0.3, 0.4) is 0 Å². The highest BCUT2D eigenvalue weighted by molar-refractivity contribution is 6.04. The molecule has 5 heteroatoms. The van der Waals surface area contributed by atoms with Crippen LogP contribution in [-0.4, -0.2) is 42.0 Å². The third kappa shape index (κ3) is 2.40. The Balaban J connectivity index is 2.38. The van der Waals surface area contributed by atoms with Gasteiger partial charge in [0.1, 0.15) is 12.2 Å². The van der Waals surface area contributed by atoms with Gasteiger partial charge in [0.15, 0.2) is 0 Å². The van der Waals surface area contributed by atoms with E-state index in [1.54, 1.807) is 4.90 Å². The minimum absolute atomic E-state index is 0.0172. The molecule has 1 aromatic heterocycles. The Morgan fingerprint density at radius 3 is 2.65 bits per heavy atom. The van der Waals surface area contributed by atoms with Crippen LogP contribution in [-0.2, 0) is 22.5 Å². The number of esters is 1. The van der Waals surface area contributed by atoms with Crippen LogP contribution in [0.5, 0.6) is 0 Å². The molecular formula is C18H22N2O3. The average Bonchev–Trinajstić information content (AvgIpc) is 2.77. The molecule has 0 fully saturated rings. The van der Waals surface area contributed by atoms with Gasteiger partial charge in [0.05, 0.1) is 12.6 Å². The van der Waals surface area contributed by atoms with E-state index in [-0.39, 0.29) is 18.4 Å². The molecule has 0 aliphatic carbocycles. The first-order chi connectivity index (χ1) is 11.0. The highest BCUT2D eigenvalue weighted by atomic mass is 16.5. The van der Waals surface area contributed by atoms with Crippen molar-refractivity contribution in [1.29, 1.82) is 0 Å². The van der Waals surface area contributed by atoms with Crippen LogP contribution in [0.4, 0.5) is 0 Å². The summed E-state index contributed by atoms with van der Waals surface area (Å²) in [6.07, 6.45) is 1.78. The highest BCUT2D eigenvalue weighted by Gasteiger charge is 2.29. The van der Waals surface area contributed by atoms with Gasteiger partial charge in [0.25, 0.3) is 5.91 Å². The van der Waals surface area contributed by atoms with E-state index in [4.69, 9.17) is 4.74 Å². The summed E-state index contributed by atoms with van der Waals surface area (Å²) in [7, 11) is 3.19. The first-order valence-electron chi connectivity index (χ1n) is 7.89. The quantitative estimate of drug-likeness (QED) is 0.800. The fraction of sp³-hybridized carbons (Fsp3) is 0.444. The van der Waals surface area contributed by atoms with Crippen molar-refractivity contribution in [2.75, 3.05) is 20.7 Å². The van der Waals surface area contributed by atoms with Gasteiger partial charge >= 0.3 is 5.97 Å². The first-order valence-corrected chi connectivity index (χ1v) is 7.89. The SMILES string of the molecule is COC(=O)Cn1c2c(c3c(C)ccc(C)c31)CCCN(C)C2=O. The number of hydrogen-bond donors (Lipinski definition) is 0. The van der Waals surface area contributed by atoms with Crippen LogP contribution < -0.4 is 0 Å². The Morgan fingerprint density at radius 1 is 1.26 bits per heavy atom. The molecule has 0 bridgehead atoms. The summed E-state index contributed by atoms with van der Waals surface area (Å²) in [4.78, 5) is 26.5. The maximum atomic E-state index is 12.9. The zero-order valence-electron chi connectivity index (χ0n) is 14.1. The van der Waals surface area contributed by atoms with E-state index < -0.39 is 0 Å². The van der Waals surface area contributed by atoms with Crippen LogP contribution in [0.2, 0.25) is 0 Å². The number of nitrogens with zero attached hydrogens (tertiary/aromatic N) is 2. The molecule has 2 heterocycles. The summed E-state index contributed by atoms with van der Waals surface area (Å²) in [6, 6.07) is 4.12. The van der Waals surface area contributed by atoms with Crippen molar-refractivity contribution >= 4 is 22.8 Å². The van der Waals surface area contributed by atoms with E-state index in [2.05, 4.69) is 13.0 Å². The molecule has 5 nitrogen and oxygen atoms in total. The van der Waals surface area contributed by atoms with E-state index in [1.807, 2.05) is 24.6 Å². The second-order valence-electron chi connectivity index (χ2n) is 6.24. The van der Waals surface area contributed by atoms with Crippen LogP contribution in [0.15, 0.2) is 12.1 Å².